The van der Waals surface area contributed by atoms with Gasteiger partial charge in [0, 0.05) is 6.20 Å². The Morgan fingerprint density at radius 2 is 2.22 bits per heavy atom. The molecule has 0 spiro atoms. The third kappa shape index (κ3) is 4.08. The van der Waals surface area contributed by atoms with E-state index in [0.717, 1.165) is 5.69 Å². The molecule has 23 heavy (non-hydrogen) atoms. The van der Waals surface area contributed by atoms with Crippen molar-refractivity contribution in [3.8, 4) is 0 Å². The summed E-state index contributed by atoms with van der Waals surface area (Å²) in [5.74, 6) is 0.680. The largest absolute Gasteiger partial charge is 0.467 e. The number of ether oxygens (including phenoxy) is 1. The molecule has 0 aliphatic carbocycles. The van der Waals surface area contributed by atoms with Gasteiger partial charge in [-0.25, -0.2) is 4.79 Å². The van der Waals surface area contributed by atoms with E-state index in [1.807, 2.05) is 24.3 Å². The van der Waals surface area contributed by atoms with Crippen molar-refractivity contribution < 1.29 is 19.1 Å². The second kappa shape index (κ2) is 7.26. The van der Waals surface area contributed by atoms with Gasteiger partial charge in [-0.2, -0.15) is 0 Å². The number of nitrogens with zero attached hydrogens (tertiary/aromatic N) is 2. The Morgan fingerprint density at radius 3 is 2.87 bits per heavy atom. The van der Waals surface area contributed by atoms with Crippen LogP contribution in [0.3, 0.4) is 0 Å². The summed E-state index contributed by atoms with van der Waals surface area (Å²) in [7, 11) is 0. The van der Waals surface area contributed by atoms with Gasteiger partial charge in [0.2, 0.25) is 0 Å². The number of nitrogens with one attached hydrogen (secondary N) is 1. The minimum Gasteiger partial charge on any atom is -0.467 e. The number of pyridine rings is 1. The predicted octanol–water partition coefficient (Wildman–Crippen LogP) is 1.15. The molecule has 2 atom stereocenters. The first kappa shape index (κ1) is 15.5. The summed E-state index contributed by atoms with van der Waals surface area (Å²) in [5.41, 5.74) is 0.775. The summed E-state index contributed by atoms with van der Waals surface area (Å²) in [6.07, 6.45) is 2.58. The minimum atomic E-state index is -0.681. The first-order valence-corrected chi connectivity index (χ1v) is 7.46. The van der Waals surface area contributed by atoms with Gasteiger partial charge in [0.15, 0.2) is 0 Å². The molecule has 0 aromatic carbocycles. The van der Waals surface area contributed by atoms with Crippen LogP contribution in [-0.2, 0) is 17.8 Å². The highest BCUT2D eigenvalue weighted by molar-refractivity contribution is 5.74. The molecule has 2 N–H and O–H groups in total. The second-order valence-electron chi connectivity index (χ2n) is 5.42. The lowest BCUT2D eigenvalue weighted by atomic mass is 10.2. The summed E-state index contributed by atoms with van der Waals surface area (Å²) in [6, 6.07) is 8.46. The summed E-state index contributed by atoms with van der Waals surface area (Å²) in [6.45, 7) is 1.21. The Kier molecular flexibility index (Phi) is 4.89. The fourth-order valence-corrected chi connectivity index (χ4v) is 2.41. The third-order valence-electron chi connectivity index (χ3n) is 3.65. The van der Waals surface area contributed by atoms with E-state index >= 15 is 0 Å². The average molecular weight is 317 g/mol. The molecule has 2 amide bonds. The van der Waals surface area contributed by atoms with Gasteiger partial charge in [0.05, 0.1) is 50.4 Å². The molecule has 0 bridgehead atoms. The Bertz CT molecular complexity index is 618. The van der Waals surface area contributed by atoms with E-state index in [2.05, 4.69) is 10.3 Å². The molecule has 3 heterocycles. The molecule has 1 fully saturated rings. The van der Waals surface area contributed by atoms with Crippen molar-refractivity contribution >= 4 is 6.03 Å². The van der Waals surface area contributed by atoms with Crippen LogP contribution in [0.5, 0.6) is 0 Å². The number of carbonyl (C=O) groups excluding carboxylic acids is 1. The number of hydrogen-bond donors (Lipinski definition) is 2. The van der Waals surface area contributed by atoms with E-state index in [-0.39, 0.29) is 12.6 Å². The van der Waals surface area contributed by atoms with Crippen LogP contribution in [-0.4, -0.2) is 46.4 Å². The maximum atomic E-state index is 12.6. The maximum Gasteiger partial charge on any atom is 0.318 e. The van der Waals surface area contributed by atoms with Gasteiger partial charge in [-0.15, -0.1) is 0 Å². The van der Waals surface area contributed by atoms with Crippen molar-refractivity contribution in [3.63, 3.8) is 0 Å². The highest BCUT2D eigenvalue weighted by Crippen LogP contribution is 2.11. The lowest BCUT2D eigenvalue weighted by molar-refractivity contribution is 0.121. The van der Waals surface area contributed by atoms with Crippen molar-refractivity contribution in [2.24, 2.45) is 0 Å². The zero-order chi connectivity index (χ0) is 16.1. The van der Waals surface area contributed by atoms with Crippen molar-refractivity contribution in [1.82, 2.24) is 15.2 Å². The summed E-state index contributed by atoms with van der Waals surface area (Å²) < 4.78 is 10.5. The van der Waals surface area contributed by atoms with Crippen molar-refractivity contribution in [1.29, 1.82) is 0 Å². The van der Waals surface area contributed by atoms with Crippen molar-refractivity contribution in [3.05, 3.63) is 54.2 Å². The van der Waals surface area contributed by atoms with Gasteiger partial charge in [-0.3, -0.25) is 4.98 Å². The molecule has 2 aromatic rings. The molecule has 7 heteroatoms. The van der Waals surface area contributed by atoms with Crippen LogP contribution in [0, 0.1) is 0 Å². The first-order valence-electron chi connectivity index (χ1n) is 7.46. The van der Waals surface area contributed by atoms with E-state index in [9.17, 15) is 9.90 Å². The molecular formula is C16H19N3O4. The Labute approximate surface area is 133 Å². The zero-order valence-electron chi connectivity index (χ0n) is 12.6. The molecule has 1 saturated heterocycles. The maximum absolute atomic E-state index is 12.6. The molecular weight excluding hydrogens is 298 g/mol. The third-order valence-corrected chi connectivity index (χ3v) is 3.65. The van der Waals surface area contributed by atoms with E-state index in [1.54, 1.807) is 23.4 Å². The van der Waals surface area contributed by atoms with Gasteiger partial charge in [-0.05, 0) is 24.3 Å². The Morgan fingerprint density at radius 1 is 1.30 bits per heavy atom. The lowest BCUT2D eigenvalue weighted by Crippen LogP contribution is -2.48. The van der Waals surface area contributed by atoms with E-state index in [0.29, 0.717) is 25.5 Å². The topological polar surface area (TPSA) is 87.8 Å². The molecule has 122 valence electrons. The quantitative estimate of drug-likeness (QED) is 0.863. The van der Waals surface area contributed by atoms with Gasteiger partial charge in [-0.1, -0.05) is 6.07 Å². The van der Waals surface area contributed by atoms with Crippen LogP contribution in [0.25, 0.3) is 0 Å². The number of rotatable bonds is 5. The number of furan rings is 1. The number of urea groups is 1. The molecule has 7 nitrogen and oxygen atoms in total. The first-order chi connectivity index (χ1) is 11.2. The van der Waals surface area contributed by atoms with Gasteiger partial charge >= 0.3 is 6.03 Å². The van der Waals surface area contributed by atoms with Crippen LogP contribution in [0.15, 0.2) is 47.2 Å². The summed E-state index contributed by atoms with van der Waals surface area (Å²) in [5, 5.41) is 12.6. The molecule has 1 aliphatic heterocycles. The summed E-state index contributed by atoms with van der Waals surface area (Å²) in [4.78, 5) is 18.4. The van der Waals surface area contributed by atoms with Crippen LogP contribution in [0.2, 0.25) is 0 Å². The van der Waals surface area contributed by atoms with Crippen molar-refractivity contribution in [2.45, 2.75) is 25.2 Å². The van der Waals surface area contributed by atoms with E-state index < -0.39 is 12.1 Å². The number of hydrogen-bond acceptors (Lipinski definition) is 5. The Balaban J connectivity index is 1.69. The van der Waals surface area contributed by atoms with Crippen molar-refractivity contribution in [2.75, 3.05) is 13.2 Å². The SMILES string of the molecule is O=C(N[C@H]1COC[C@@H]1O)N(Cc1ccccn1)Cc1ccco1. The standard InChI is InChI=1S/C16H19N3O4/c20-15-11-22-10-14(15)18-16(21)19(9-13-5-3-7-23-13)8-12-4-1-2-6-17-12/h1-7,14-15,20H,8-11H2,(H,18,21)/t14-,15-/m0/s1. The fraction of sp³-hybridized carbons (Fsp3) is 0.375. The molecule has 1 aliphatic rings. The predicted molar refractivity (Wildman–Crippen MR) is 81.3 cm³/mol. The number of carbonyl (C=O) groups is 1. The van der Waals surface area contributed by atoms with Gasteiger partial charge in [0.1, 0.15) is 5.76 Å². The van der Waals surface area contributed by atoms with Gasteiger partial charge in [0.25, 0.3) is 0 Å². The molecule has 0 saturated carbocycles. The molecule has 0 unspecified atom stereocenters. The number of aliphatic hydroxyl groups is 1. The van der Waals surface area contributed by atoms with Crippen LogP contribution < -0.4 is 5.32 Å². The zero-order valence-corrected chi connectivity index (χ0v) is 12.6. The molecule has 0 radical (unpaired) electrons. The van der Waals surface area contributed by atoms with Crippen LogP contribution in [0.1, 0.15) is 11.5 Å². The monoisotopic (exact) mass is 317 g/mol. The van der Waals surface area contributed by atoms with E-state index in [4.69, 9.17) is 9.15 Å². The summed E-state index contributed by atoms with van der Waals surface area (Å²) >= 11 is 0. The van der Waals surface area contributed by atoms with Crippen LogP contribution >= 0.6 is 0 Å². The minimum absolute atomic E-state index is 0.239. The number of amides is 2. The normalized spacial score (nSPS) is 20.4. The fourth-order valence-electron chi connectivity index (χ4n) is 2.41. The highest BCUT2D eigenvalue weighted by Gasteiger charge is 2.29. The number of aromatic nitrogens is 1. The smallest absolute Gasteiger partial charge is 0.318 e. The molecule has 3 rings (SSSR count). The average Bonchev–Trinajstić information content (AvgIpc) is 3.20. The second-order valence-corrected chi connectivity index (χ2v) is 5.42. The number of aliphatic hydroxyl groups excluding tert-OH is 1. The molecule has 2 aromatic heterocycles. The van der Waals surface area contributed by atoms with Crippen LogP contribution in [0.4, 0.5) is 4.79 Å². The highest BCUT2D eigenvalue weighted by atomic mass is 16.5. The van der Waals surface area contributed by atoms with Gasteiger partial charge < -0.3 is 24.5 Å². The lowest BCUT2D eigenvalue weighted by Gasteiger charge is -2.24. The van der Waals surface area contributed by atoms with E-state index in [1.165, 1.54) is 0 Å². The Hall–Kier alpha value is -2.38.